The van der Waals surface area contributed by atoms with Crippen LogP contribution in [0.2, 0.25) is 0 Å². The van der Waals surface area contributed by atoms with Crippen LogP contribution in [0.15, 0.2) is 48.8 Å². The molecule has 0 saturated carbocycles. The summed E-state index contributed by atoms with van der Waals surface area (Å²) in [7, 11) is 4.03. The van der Waals surface area contributed by atoms with Crippen molar-refractivity contribution in [3.8, 4) is 23.3 Å². The summed E-state index contributed by atoms with van der Waals surface area (Å²) >= 11 is 0. The van der Waals surface area contributed by atoms with Gasteiger partial charge in [0.25, 0.3) is 0 Å². The Labute approximate surface area is 278 Å². The second kappa shape index (κ2) is 14.9. The molecular formula is C34H40F2N10O2. The van der Waals surface area contributed by atoms with Gasteiger partial charge in [0.05, 0.1) is 12.3 Å². The maximum Gasteiger partial charge on any atom is 0.236 e. The van der Waals surface area contributed by atoms with Crippen molar-refractivity contribution in [3.63, 3.8) is 0 Å². The van der Waals surface area contributed by atoms with Gasteiger partial charge in [0.2, 0.25) is 11.7 Å². The van der Waals surface area contributed by atoms with Crippen LogP contribution in [0, 0.1) is 23.0 Å². The number of hydrogen-bond donors (Lipinski definition) is 1. The molecule has 3 aromatic heterocycles. The molecule has 1 atom stereocenters. The van der Waals surface area contributed by atoms with E-state index in [0.29, 0.717) is 70.1 Å². The molecule has 0 bridgehead atoms. The molecule has 2 aliphatic rings. The zero-order valence-electron chi connectivity index (χ0n) is 27.3. The first-order chi connectivity index (χ1) is 23.3. The van der Waals surface area contributed by atoms with Crippen molar-refractivity contribution in [1.29, 1.82) is 5.26 Å². The predicted octanol–water partition coefficient (Wildman–Crippen LogP) is 3.65. The average molecular weight is 659 g/mol. The molecule has 0 spiro atoms. The smallest absolute Gasteiger partial charge is 0.236 e. The van der Waals surface area contributed by atoms with Gasteiger partial charge in [-0.1, -0.05) is 12.1 Å². The maximum atomic E-state index is 16.3. The number of halogens is 2. The van der Waals surface area contributed by atoms with Gasteiger partial charge in [-0.15, -0.1) is 0 Å². The van der Waals surface area contributed by atoms with E-state index in [9.17, 15) is 9.18 Å². The van der Waals surface area contributed by atoms with Crippen molar-refractivity contribution in [1.82, 2.24) is 34.1 Å². The number of imidazole rings is 1. The summed E-state index contributed by atoms with van der Waals surface area (Å²) in [6.07, 6.45) is 4.07. The number of anilines is 2. The lowest BCUT2D eigenvalue weighted by atomic mass is 10.1. The zero-order chi connectivity index (χ0) is 33.6. The SMILES string of the molecule is CN(C)CCOc1ccc(CN2CCN(c3nc(-c4cnc5ccc(F)cn45)nc(NC4CCCN(C(=O)CC#N)C4)c3F)CC2)cc1. The van der Waals surface area contributed by atoms with Gasteiger partial charge in [0.15, 0.2) is 17.5 Å². The van der Waals surface area contributed by atoms with Crippen LogP contribution < -0.4 is 15.0 Å². The normalized spacial score (nSPS) is 17.1. The van der Waals surface area contributed by atoms with Gasteiger partial charge < -0.3 is 24.8 Å². The first-order valence-corrected chi connectivity index (χ1v) is 16.2. The number of benzene rings is 1. The second-order valence-corrected chi connectivity index (χ2v) is 12.5. The van der Waals surface area contributed by atoms with E-state index < -0.39 is 11.6 Å². The molecule has 48 heavy (non-hydrogen) atoms. The van der Waals surface area contributed by atoms with Gasteiger partial charge in [0, 0.05) is 64.6 Å². The summed E-state index contributed by atoms with van der Waals surface area (Å²) in [4.78, 5) is 34.0. The number of nitriles is 1. The van der Waals surface area contributed by atoms with Crippen molar-refractivity contribution in [2.75, 3.05) is 76.7 Å². The van der Waals surface area contributed by atoms with E-state index in [2.05, 4.69) is 42.2 Å². The van der Waals surface area contributed by atoms with Crippen LogP contribution in [-0.2, 0) is 11.3 Å². The third kappa shape index (κ3) is 7.80. The average Bonchev–Trinajstić information content (AvgIpc) is 3.50. The van der Waals surface area contributed by atoms with Crippen molar-refractivity contribution in [3.05, 3.63) is 66.0 Å². The summed E-state index contributed by atoms with van der Waals surface area (Å²) in [6.45, 7) is 5.59. The minimum atomic E-state index is -0.586. The molecule has 5 heterocycles. The Balaban J connectivity index is 1.20. The number of amides is 1. The Morgan fingerprint density at radius 3 is 2.62 bits per heavy atom. The number of aromatic nitrogens is 4. The largest absolute Gasteiger partial charge is 0.492 e. The molecule has 2 fully saturated rings. The lowest BCUT2D eigenvalue weighted by Gasteiger charge is -2.36. The number of hydrogen-bond acceptors (Lipinski definition) is 10. The van der Waals surface area contributed by atoms with Gasteiger partial charge in [-0.2, -0.15) is 9.65 Å². The number of nitrogens with zero attached hydrogens (tertiary/aromatic N) is 9. The number of rotatable bonds is 11. The van der Waals surface area contributed by atoms with Gasteiger partial charge in [-0.3, -0.25) is 14.1 Å². The Kier molecular flexibility index (Phi) is 10.3. The molecule has 1 aromatic carbocycles. The third-order valence-corrected chi connectivity index (χ3v) is 8.69. The minimum Gasteiger partial charge on any atom is -0.492 e. The quantitative estimate of drug-likeness (QED) is 0.256. The Morgan fingerprint density at radius 1 is 1.08 bits per heavy atom. The number of fused-ring (bicyclic) bond motifs is 1. The van der Waals surface area contributed by atoms with E-state index in [1.165, 1.54) is 17.8 Å². The topological polar surface area (TPSA) is 118 Å². The predicted molar refractivity (Wildman–Crippen MR) is 178 cm³/mol. The van der Waals surface area contributed by atoms with E-state index in [1.807, 2.05) is 37.2 Å². The molecule has 1 amide bonds. The van der Waals surface area contributed by atoms with Gasteiger partial charge in [-0.25, -0.2) is 19.3 Å². The number of likely N-dealkylation sites (tertiary alicyclic amines) is 1. The first-order valence-electron chi connectivity index (χ1n) is 16.2. The van der Waals surface area contributed by atoms with E-state index in [0.717, 1.165) is 18.8 Å². The Bertz CT molecular complexity index is 1770. The van der Waals surface area contributed by atoms with Crippen LogP contribution in [0.4, 0.5) is 20.4 Å². The van der Waals surface area contributed by atoms with Crippen LogP contribution >= 0.6 is 0 Å². The highest BCUT2D eigenvalue weighted by Crippen LogP contribution is 2.30. The molecule has 0 radical (unpaired) electrons. The van der Waals surface area contributed by atoms with Crippen molar-refractivity contribution in [2.24, 2.45) is 0 Å². The van der Waals surface area contributed by atoms with Crippen LogP contribution in [0.25, 0.3) is 17.2 Å². The molecule has 2 aliphatic heterocycles. The van der Waals surface area contributed by atoms with Crippen LogP contribution in [0.1, 0.15) is 24.8 Å². The maximum absolute atomic E-state index is 16.3. The zero-order valence-corrected chi connectivity index (χ0v) is 27.3. The molecule has 0 aliphatic carbocycles. The molecule has 2 saturated heterocycles. The molecule has 6 rings (SSSR count). The Hall–Kier alpha value is -4.87. The number of piperazine rings is 1. The highest BCUT2D eigenvalue weighted by atomic mass is 19.1. The molecule has 1 N–H and O–H groups in total. The van der Waals surface area contributed by atoms with E-state index in [1.54, 1.807) is 21.6 Å². The summed E-state index contributed by atoms with van der Waals surface area (Å²) in [5.41, 5.74) is 2.10. The fourth-order valence-corrected chi connectivity index (χ4v) is 6.08. The molecule has 14 heteroatoms. The summed E-state index contributed by atoms with van der Waals surface area (Å²) in [5.74, 6) is -0.0728. The fourth-order valence-electron chi connectivity index (χ4n) is 6.08. The number of likely N-dealkylation sites (N-methyl/N-ethyl adjacent to an activating group) is 1. The summed E-state index contributed by atoms with van der Waals surface area (Å²) in [5, 5.41) is 12.2. The Morgan fingerprint density at radius 2 is 1.88 bits per heavy atom. The van der Waals surface area contributed by atoms with Gasteiger partial charge >= 0.3 is 0 Å². The minimum absolute atomic E-state index is 0.0104. The monoisotopic (exact) mass is 658 g/mol. The van der Waals surface area contributed by atoms with E-state index in [4.69, 9.17) is 10.00 Å². The molecule has 252 valence electrons. The van der Waals surface area contributed by atoms with Crippen LogP contribution in [-0.4, -0.2) is 113 Å². The number of nitrogens with one attached hydrogen (secondary N) is 1. The number of pyridine rings is 1. The first kappa shape index (κ1) is 33.0. The summed E-state index contributed by atoms with van der Waals surface area (Å²) < 4.78 is 38.0. The van der Waals surface area contributed by atoms with Crippen LogP contribution in [0.5, 0.6) is 5.75 Å². The van der Waals surface area contributed by atoms with Crippen molar-refractivity contribution >= 4 is 23.2 Å². The van der Waals surface area contributed by atoms with Crippen LogP contribution in [0.3, 0.4) is 0 Å². The van der Waals surface area contributed by atoms with Gasteiger partial charge in [0.1, 0.15) is 35.9 Å². The highest BCUT2D eigenvalue weighted by molar-refractivity contribution is 5.78. The van der Waals surface area contributed by atoms with E-state index in [-0.39, 0.29) is 35.8 Å². The molecule has 1 unspecified atom stereocenters. The molecular weight excluding hydrogens is 618 g/mol. The summed E-state index contributed by atoms with van der Waals surface area (Å²) in [6, 6.07) is 12.7. The van der Waals surface area contributed by atoms with E-state index >= 15 is 4.39 Å². The number of carbonyl (C=O) groups is 1. The number of ether oxygens (including phenoxy) is 1. The van der Waals surface area contributed by atoms with Gasteiger partial charge in [-0.05, 0) is 56.8 Å². The third-order valence-electron chi connectivity index (χ3n) is 8.69. The molecule has 4 aromatic rings. The number of piperidine rings is 1. The lowest BCUT2D eigenvalue weighted by Crippen LogP contribution is -2.47. The van der Waals surface area contributed by atoms with Crippen molar-refractivity contribution < 1.29 is 18.3 Å². The molecule has 12 nitrogen and oxygen atoms in total. The second-order valence-electron chi connectivity index (χ2n) is 12.5. The van der Waals surface area contributed by atoms with Crippen molar-refractivity contribution in [2.45, 2.75) is 31.8 Å². The standard InChI is InChI=1S/C34H40F2N10O2/c1-42(2)18-19-48-27-8-5-24(6-9-27)21-43-14-16-44(17-15-43)34-31(36)33(39-26-4-3-13-45(23-26)30(47)11-12-37)40-32(41-34)28-20-38-29-10-7-25(35)22-46(28)29/h5-10,20,22,26H,3-4,11,13-19,21,23H2,1-2H3,(H,39,40,41). The fraction of sp³-hybridized carbons (Fsp3) is 0.441. The highest BCUT2D eigenvalue weighted by Gasteiger charge is 2.29. The lowest BCUT2D eigenvalue weighted by molar-refractivity contribution is -0.131. The number of carbonyl (C=O) groups excluding carboxylic acids is 1.